The molecule has 5 aromatic rings. The molecule has 1 saturated carbocycles. The Morgan fingerprint density at radius 2 is 0.471 bits per heavy atom. The summed E-state index contributed by atoms with van der Waals surface area (Å²) in [6.45, 7) is 10.9. The molecule has 7 amide bonds. The van der Waals surface area contributed by atoms with Crippen LogP contribution in [0.15, 0.2) is 72.8 Å². The van der Waals surface area contributed by atoms with Gasteiger partial charge in [-0.2, -0.15) is 0 Å². The van der Waals surface area contributed by atoms with E-state index >= 15 is 14.4 Å². The number of hydrogen-bond acceptors (Lipinski definition) is 20. The Morgan fingerprint density at radius 3 is 0.717 bits per heavy atom. The topological polar surface area (TPSA) is 347 Å². The van der Waals surface area contributed by atoms with Crippen molar-refractivity contribution < 1.29 is 95.3 Å². The van der Waals surface area contributed by atoms with Crippen LogP contribution in [0.2, 0.25) is 0 Å². The number of Topliss-reactive ketones (excluding diaryl/α,β-unsaturated/α-hetero) is 3. The van der Waals surface area contributed by atoms with Crippen molar-refractivity contribution in [1.29, 1.82) is 0 Å². The highest BCUT2D eigenvalue weighted by Gasteiger charge is 2.35. The summed E-state index contributed by atoms with van der Waals surface area (Å²) < 4.78 is 64.0. The number of nitrogens with one attached hydrogen (secondary N) is 7. The summed E-state index contributed by atoms with van der Waals surface area (Å²) in [6.07, 6.45) is 52.6. The first-order valence-electron chi connectivity index (χ1n) is 49.1. The molecule has 0 heterocycles. The van der Waals surface area contributed by atoms with Crippen LogP contribution in [0.1, 0.15) is 321 Å². The Hall–Kier alpha value is -13.2. The van der Waals surface area contributed by atoms with Crippen LogP contribution in [0, 0.1) is 74.1 Å². The summed E-state index contributed by atoms with van der Waals surface area (Å²) in [5, 5.41) is 21.6. The molecule has 1 unspecified atom stereocenters. The largest absolute Gasteiger partial charge is 0.493 e. The van der Waals surface area contributed by atoms with Crippen molar-refractivity contribution in [2.24, 2.45) is 0 Å². The summed E-state index contributed by atoms with van der Waals surface area (Å²) in [6, 6.07) is 17.7. The predicted octanol–water partition coefficient (Wildman–Crippen LogP) is 16.8. The Kier molecular flexibility index (Phi) is 55.8. The third-order valence-electron chi connectivity index (χ3n) is 22.4. The summed E-state index contributed by atoms with van der Waals surface area (Å²) >= 11 is 0. The lowest BCUT2D eigenvalue weighted by Crippen LogP contribution is -2.53. The van der Waals surface area contributed by atoms with Gasteiger partial charge >= 0.3 is 0 Å². The summed E-state index contributed by atoms with van der Waals surface area (Å²) in [4.78, 5) is 136. The fourth-order valence-corrected chi connectivity index (χ4v) is 15.2. The zero-order chi connectivity index (χ0) is 99.7. The SMILES string of the molecule is C#CCCCCOc1cc(OCCCCC#C)cc(C(=O)NCCCc2c(OCCCCC(C)=O)cc(C(=O)NC3C[C@@H](NC(=O)c4cc(OCCCCC#C)c(CCCCC(C)=O)c(OCCCCC#C)c4)C[C@@H](NC(=O)c4cc(OCCCNC(C)=O)c(CCCNC(=O)c5cc(OCCCCC#C)cc(OCCCCC#C)c5)c(OCCCNC(C)=O)c4)C3)cc2OCCCCC(C)=O)c1. The highest BCUT2D eigenvalue weighted by molar-refractivity contribution is 5.98. The highest BCUT2D eigenvalue weighted by Crippen LogP contribution is 2.38. The number of terminal acetylenes is 6. The molecule has 0 spiro atoms. The molecule has 0 bridgehead atoms. The summed E-state index contributed by atoms with van der Waals surface area (Å²) in [5.41, 5.74) is 2.99. The van der Waals surface area contributed by atoms with E-state index in [0.29, 0.717) is 274 Å². The lowest BCUT2D eigenvalue weighted by molar-refractivity contribution is -0.119. The number of benzene rings is 5. The Bertz CT molecular complexity index is 4520. The zero-order valence-corrected chi connectivity index (χ0v) is 81.9. The van der Waals surface area contributed by atoms with Gasteiger partial charge in [0.2, 0.25) is 11.8 Å². The van der Waals surface area contributed by atoms with E-state index in [4.69, 9.17) is 85.9 Å². The molecule has 744 valence electrons. The second kappa shape index (κ2) is 67.9. The zero-order valence-electron chi connectivity index (χ0n) is 81.9. The van der Waals surface area contributed by atoms with Crippen LogP contribution in [-0.2, 0) is 43.2 Å². The van der Waals surface area contributed by atoms with Crippen molar-refractivity contribution >= 4 is 58.7 Å². The first-order valence-corrected chi connectivity index (χ1v) is 49.1. The van der Waals surface area contributed by atoms with Crippen molar-refractivity contribution in [3.8, 4) is 132 Å². The van der Waals surface area contributed by atoms with E-state index in [0.717, 1.165) is 31.2 Å². The molecule has 27 heteroatoms. The molecule has 0 aliphatic heterocycles. The number of amides is 7. The molecule has 5 aromatic carbocycles. The van der Waals surface area contributed by atoms with Crippen LogP contribution in [0.4, 0.5) is 0 Å². The smallest absolute Gasteiger partial charge is 0.251 e. The average molecular weight is 1900 g/mol. The van der Waals surface area contributed by atoms with Crippen molar-refractivity contribution in [1.82, 2.24) is 37.2 Å². The van der Waals surface area contributed by atoms with E-state index < -0.39 is 35.8 Å². The maximum absolute atomic E-state index is 15.6. The first kappa shape index (κ1) is 113. The minimum absolute atomic E-state index is 0.0196. The third-order valence-corrected chi connectivity index (χ3v) is 22.4. The molecule has 0 radical (unpaired) electrons. The Morgan fingerprint density at radius 1 is 0.254 bits per heavy atom. The maximum atomic E-state index is 15.6. The maximum Gasteiger partial charge on any atom is 0.251 e. The van der Waals surface area contributed by atoms with Crippen LogP contribution in [0.25, 0.3) is 0 Å². The molecule has 1 aliphatic rings. The van der Waals surface area contributed by atoms with Gasteiger partial charge in [0.05, 0.1) is 66.1 Å². The number of unbranched alkanes of at least 4 members (excludes halogenated alkanes) is 15. The van der Waals surface area contributed by atoms with Crippen molar-refractivity contribution in [2.75, 3.05) is 92.2 Å². The van der Waals surface area contributed by atoms with Gasteiger partial charge in [0.1, 0.15) is 74.8 Å². The minimum Gasteiger partial charge on any atom is -0.493 e. The van der Waals surface area contributed by atoms with E-state index in [2.05, 4.69) is 72.7 Å². The van der Waals surface area contributed by atoms with Gasteiger partial charge in [-0.25, -0.2) is 0 Å². The predicted molar refractivity (Wildman–Crippen MR) is 536 cm³/mol. The van der Waals surface area contributed by atoms with E-state index in [1.807, 2.05) is 0 Å². The number of hydrogen-bond donors (Lipinski definition) is 7. The van der Waals surface area contributed by atoms with Crippen LogP contribution < -0.4 is 84.6 Å². The molecule has 7 N–H and O–H groups in total. The number of ether oxygens (including phenoxy) is 10. The van der Waals surface area contributed by atoms with Gasteiger partial charge < -0.3 is 99.0 Å². The number of carbonyl (C=O) groups excluding carboxylic acids is 10. The average Bonchev–Trinajstić information content (AvgIpc) is 0.826. The van der Waals surface area contributed by atoms with Crippen LogP contribution in [0.5, 0.6) is 57.5 Å². The van der Waals surface area contributed by atoms with Gasteiger partial charge in [0.25, 0.3) is 29.5 Å². The van der Waals surface area contributed by atoms with E-state index in [-0.39, 0.29) is 167 Å². The van der Waals surface area contributed by atoms with Gasteiger partial charge in [-0.15, -0.1) is 74.1 Å². The molecule has 6 rings (SSSR count). The normalized spacial score (nSPS) is 12.8. The summed E-state index contributed by atoms with van der Waals surface area (Å²) in [5.74, 6) is 17.1. The Labute approximate surface area is 818 Å². The molecule has 1 fully saturated rings. The van der Waals surface area contributed by atoms with Crippen molar-refractivity contribution in [3.05, 3.63) is 117 Å². The second-order valence-corrected chi connectivity index (χ2v) is 34.5. The van der Waals surface area contributed by atoms with Crippen LogP contribution in [0.3, 0.4) is 0 Å². The lowest BCUT2D eigenvalue weighted by Gasteiger charge is -2.36. The van der Waals surface area contributed by atoms with Crippen LogP contribution in [-0.4, -0.2) is 169 Å². The van der Waals surface area contributed by atoms with Gasteiger partial charge in [-0.05, 0) is 261 Å². The Balaban J connectivity index is 1.44. The van der Waals surface area contributed by atoms with Crippen molar-refractivity contribution in [2.45, 2.75) is 290 Å². The molecule has 1 aliphatic carbocycles. The van der Waals surface area contributed by atoms with E-state index in [1.165, 1.54) is 27.7 Å². The number of ketones is 3. The molecule has 0 aromatic heterocycles. The fourth-order valence-electron chi connectivity index (χ4n) is 15.2. The second-order valence-electron chi connectivity index (χ2n) is 34.5. The van der Waals surface area contributed by atoms with Crippen LogP contribution >= 0.6 is 0 Å². The first-order chi connectivity index (χ1) is 66.9. The molecule has 3 atom stereocenters. The van der Waals surface area contributed by atoms with E-state index in [1.54, 1.807) is 79.7 Å². The number of rotatable bonds is 73. The fraction of sp³-hybridized carbons (Fsp3) is 0.532. The molecule has 0 saturated heterocycles. The third kappa shape index (κ3) is 46.5. The van der Waals surface area contributed by atoms with Gasteiger partial charge in [0, 0.05) is 173 Å². The van der Waals surface area contributed by atoms with Gasteiger partial charge in [0.15, 0.2) is 0 Å². The quantitative estimate of drug-likeness (QED) is 0.0140. The molecule has 27 nitrogen and oxygen atoms in total. The minimum atomic E-state index is -0.773. The molecule has 138 heavy (non-hydrogen) atoms. The van der Waals surface area contributed by atoms with Gasteiger partial charge in [-0.3, -0.25) is 33.6 Å². The van der Waals surface area contributed by atoms with Gasteiger partial charge in [-0.1, -0.05) is 0 Å². The molecular weight excluding hydrogens is 1750 g/mol. The lowest BCUT2D eigenvalue weighted by atomic mass is 9.86. The van der Waals surface area contributed by atoms with E-state index in [9.17, 15) is 33.6 Å². The standard InChI is InChI=1S/C111H145N7O20/c1-12-18-24-34-56-129-94-66-86(67-95(79-94)130-57-35-25-19-13-2)107(124)114-52-42-50-99-103(135-62-40-32-47-82(8)120)72-89(73-104(99)136-63-41-33-48-83(9)121)110(127)117-92-76-91(116-109(126)88-70-101(133-60-38-28-22-16-5)98(49-31-30-46-81(7)119)102(71-88)134-61-39-29-23-17-6)77-93(78-92)118-111(128)90-74-105(137-64-44-54-112-84(10)122)100(106(75-90)138-65-45-55-113-85(11)123)51-43-53-115-108(125)87-68-96(131-58-36-26-20-14-3)80-97(69-87)132-59-37-27-21-15-4/h1-6,66-75,79-80,91-93H,18-65,76-78H2,7-11H3,(H,112,122)(H,113,123)(H,114,124)(H,115,125)(H,116,126)(H,117,127)(H,118,128)/t91-,92?,93-/m1/s1. The monoisotopic (exact) mass is 1900 g/mol. The molecular formula is C111H145N7O20. The summed E-state index contributed by atoms with van der Waals surface area (Å²) in [7, 11) is 0. The highest BCUT2D eigenvalue weighted by atomic mass is 16.5. The number of carbonyl (C=O) groups is 10. The van der Waals surface area contributed by atoms with Crippen molar-refractivity contribution in [3.63, 3.8) is 0 Å².